The van der Waals surface area contributed by atoms with Gasteiger partial charge in [-0.05, 0) is 23.8 Å². The Morgan fingerprint density at radius 1 is 1.22 bits per heavy atom. The highest BCUT2D eigenvalue weighted by molar-refractivity contribution is 5.94. The number of aromatic hydroxyl groups is 1. The number of aromatic nitrogens is 1. The molecule has 23 heavy (non-hydrogen) atoms. The number of benzene rings is 2. The number of para-hydroxylation sites is 1. The largest absolute Gasteiger partial charge is 0.497 e. The van der Waals surface area contributed by atoms with Crippen molar-refractivity contribution < 1.29 is 14.6 Å². The van der Waals surface area contributed by atoms with Crippen LogP contribution in [0.3, 0.4) is 0 Å². The number of aromatic amines is 1. The van der Waals surface area contributed by atoms with Gasteiger partial charge in [0.1, 0.15) is 5.75 Å². The van der Waals surface area contributed by atoms with E-state index in [9.17, 15) is 9.90 Å². The molecule has 1 heterocycles. The maximum Gasteiger partial charge on any atom is 0.269 e. The minimum absolute atomic E-state index is 0.107. The van der Waals surface area contributed by atoms with Crippen molar-refractivity contribution in [1.29, 1.82) is 0 Å². The molecule has 0 aliphatic carbocycles. The summed E-state index contributed by atoms with van der Waals surface area (Å²) in [6, 6.07) is 14.5. The zero-order valence-electron chi connectivity index (χ0n) is 12.5. The predicted octanol–water partition coefficient (Wildman–Crippen LogP) is 3.74. The average molecular weight is 309 g/mol. The first-order valence-corrected chi connectivity index (χ1v) is 7.04. The van der Waals surface area contributed by atoms with E-state index in [1.54, 1.807) is 25.3 Å². The van der Waals surface area contributed by atoms with E-state index in [1.807, 2.05) is 30.3 Å². The Morgan fingerprint density at radius 3 is 2.87 bits per heavy atom. The van der Waals surface area contributed by atoms with Crippen LogP contribution in [-0.4, -0.2) is 23.1 Å². The minimum Gasteiger partial charge on any atom is -0.497 e. The van der Waals surface area contributed by atoms with Crippen LogP contribution in [0.15, 0.2) is 58.8 Å². The van der Waals surface area contributed by atoms with Crippen LogP contribution in [0.5, 0.6) is 11.6 Å². The molecule has 0 saturated heterocycles. The van der Waals surface area contributed by atoms with Gasteiger partial charge in [-0.25, -0.2) is 0 Å². The van der Waals surface area contributed by atoms with Crippen molar-refractivity contribution in [3.05, 3.63) is 54.1 Å². The van der Waals surface area contributed by atoms with Gasteiger partial charge >= 0.3 is 0 Å². The number of nitrogens with one attached hydrogen (secondary N) is 1. The number of ether oxygens (including phenoxy) is 1. The summed E-state index contributed by atoms with van der Waals surface area (Å²) in [6.45, 7) is 0. The third-order valence-electron chi connectivity index (χ3n) is 3.41. The first-order chi connectivity index (χ1) is 11.2. The van der Waals surface area contributed by atoms with E-state index in [2.05, 4.69) is 15.2 Å². The highest BCUT2D eigenvalue weighted by atomic mass is 16.5. The van der Waals surface area contributed by atoms with E-state index in [1.165, 1.54) is 0 Å². The Morgan fingerprint density at radius 2 is 2.04 bits per heavy atom. The molecule has 1 amide bonds. The lowest BCUT2D eigenvalue weighted by atomic mass is 10.1. The number of hydrogen-bond acceptors (Lipinski definition) is 4. The average Bonchev–Trinajstić information content (AvgIpc) is 2.88. The lowest BCUT2D eigenvalue weighted by Crippen LogP contribution is -1.98. The van der Waals surface area contributed by atoms with Gasteiger partial charge in [-0.3, -0.25) is 4.79 Å². The zero-order valence-corrected chi connectivity index (χ0v) is 12.5. The van der Waals surface area contributed by atoms with Crippen LogP contribution in [-0.2, 0) is 11.2 Å². The molecule has 0 aliphatic rings. The lowest BCUT2D eigenvalue weighted by Gasteiger charge is -2.01. The van der Waals surface area contributed by atoms with Crippen molar-refractivity contribution in [2.24, 2.45) is 10.2 Å². The third-order valence-corrected chi connectivity index (χ3v) is 3.41. The Balaban J connectivity index is 1.78. The van der Waals surface area contributed by atoms with Gasteiger partial charge in [0.05, 0.1) is 19.0 Å². The van der Waals surface area contributed by atoms with Gasteiger partial charge in [0.2, 0.25) is 5.88 Å². The zero-order chi connectivity index (χ0) is 16.2. The van der Waals surface area contributed by atoms with Crippen LogP contribution in [0.2, 0.25) is 0 Å². The van der Waals surface area contributed by atoms with E-state index < -0.39 is 5.91 Å². The van der Waals surface area contributed by atoms with Gasteiger partial charge < -0.3 is 14.8 Å². The molecule has 0 fully saturated rings. The highest BCUT2D eigenvalue weighted by Gasteiger charge is 2.10. The normalized spacial score (nSPS) is 11.2. The molecule has 3 aromatic rings. The molecule has 0 bridgehead atoms. The first-order valence-electron chi connectivity index (χ1n) is 7.04. The van der Waals surface area contributed by atoms with Crippen molar-refractivity contribution in [1.82, 2.24) is 4.98 Å². The van der Waals surface area contributed by atoms with Gasteiger partial charge in [-0.1, -0.05) is 30.3 Å². The number of H-pyrrole nitrogens is 1. The molecule has 6 heteroatoms. The highest BCUT2D eigenvalue weighted by Crippen LogP contribution is 2.35. The second-order valence-electron chi connectivity index (χ2n) is 4.99. The van der Waals surface area contributed by atoms with Gasteiger partial charge in [0.15, 0.2) is 5.69 Å². The summed E-state index contributed by atoms with van der Waals surface area (Å²) in [5.41, 5.74) is 1.79. The second kappa shape index (κ2) is 6.31. The van der Waals surface area contributed by atoms with Crippen LogP contribution >= 0.6 is 0 Å². The van der Waals surface area contributed by atoms with Crippen LogP contribution in [0.25, 0.3) is 10.9 Å². The molecule has 0 saturated carbocycles. The first kappa shape index (κ1) is 14.8. The number of azo groups is 1. The molecule has 3 rings (SSSR count). The number of fused-ring (bicyclic) bond motifs is 1. The fraction of sp³-hybridized carbons (Fsp3) is 0.118. The summed E-state index contributed by atoms with van der Waals surface area (Å²) >= 11 is 0. The summed E-state index contributed by atoms with van der Waals surface area (Å²) in [6.07, 6.45) is 0.115. The second-order valence-corrected chi connectivity index (χ2v) is 4.99. The molecule has 116 valence electrons. The number of rotatable bonds is 4. The van der Waals surface area contributed by atoms with E-state index in [0.717, 1.165) is 11.1 Å². The Bertz CT molecular complexity index is 884. The van der Waals surface area contributed by atoms with Crippen LogP contribution in [0.4, 0.5) is 5.69 Å². The van der Waals surface area contributed by atoms with E-state index in [0.29, 0.717) is 11.1 Å². The maximum absolute atomic E-state index is 12.0. The molecule has 0 unspecified atom stereocenters. The quantitative estimate of drug-likeness (QED) is 0.720. The third kappa shape index (κ3) is 3.21. The summed E-state index contributed by atoms with van der Waals surface area (Å²) in [5, 5.41) is 18.2. The number of methoxy groups -OCH3 is 1. The van der Waals surface area contributed by atoms with Crippen molar-refractivity contribution in [2.45, 2.75) is 6.42 Å². The molecule has 0 spiro atoms. The Kier molecular flexibility index (Phi) is 4.05. The summed E-state index contributed by atoms with van der Waals surface area (Å²) in [5.74, 6) is 0.175. The fourth-order valence-electron chi connectivity index (χ4n) is 2.31. The fourth-order valence-corrected chi connectivity index (χ4v) is 2.31. The van der Waals surface area contributed by atoms with Gasteiger partial charge in [0, 0.05) is 5.39 Å². The van der Waals surface area contributed by atoms with Gasteiger partial charge in [0.25, 0.3) is 5.91 Å². The Labute approximate surface area is 132 Å². The predicted molar refractivity (Wildman–Crippen MR) is 86.2 cm³/mol. The van der Waals surface area contributed by atoms with Crippen LogP contribution in [0, 0.1) is 0 Å². The van der Waals surface area contributed by atoms with E-state index in [-0.39, 0.29) is 18.0 Å². The molecule has 0 radical (unpaired) electrons. The van der Waals surface area contributed by atoms with Crippen LogP contribution < -0.4 is 4.74 Å². The molecule has 1 aromatic heterocycles. The van der Waals surface area contributed by atoms with Crippen molar-refractivity contribution in [3.8, 4) is 11.6 Å². The SMILES string of the molecule is COc1cccc(CC(=O)N=Nc2c(O)[nH]c3ccccc23)c1. The van der Waals surface area contributed by atoms with Crippen molar-refractivity contribution in [3.63, 3.8) is 0 Å². The summed E-state index contributed by atoms with van der Waals surface area (Å²) in [7, 11) is 1.57. The smallest absolute Gasteiger partial charge is 0.269 e. The minimum atomic E-state index is -0.400. The lowest BCUT2D eigenvalue weighted by molar-refractivity contribution is -0.117. The molecular weight excluding hydrogens is 294 g/mol. The Hall–Kier alpha value is -3.15. The van der Waals surface area contributed by atoms with E-state index in [4.69, 9.17) is 4.74 Å². The monoisotopic (exact) mass is 309 g/mol. The maximum atomic E-state index is 12.0. The molecule has 2 aromatic carbocycles. The molecule has 0 aliphatic heterocycles. The molecule has 6 nitrogen and oxygen atoms in total. The van der Waals surface area contributed by atoms with Gasteiger partial charge in [-0.15, -0.1) is 10.2 Å². The van der Waals surface area contributed by atoms with E-state index >= 15 is 0 Å². The van der Waals surface area contributed by atoms with Gasteiger partial charge in [-0.2, -0.15) is 0 Å². The summed E-state index contributed by atoms with van der Waals surface area (Å²) < 4.78 is 5.12. The molecule has 0 atom stereocenters. The van der Waals surface area contributed by atoms with Crippen molar-refractivity contribution >= 4 is 22.5 Å². The summed E-state index contributed by atoms with van der Waals surface area (Å²) in [4.78, 5) is 14.8. The number of hydrogen-bond donors (Lipinski definition) is 2. The molecular formula is C17H15N3O3. The molecule has 2 N–H and O–H groups in total. The van der Waals surface area contributed by atoms with Crippen LogP contribution in [0.1, 0.15) is 5.56 Å². The number of nitrogens with zero attached hydrogens (tertiary/aromatic N) is 2. The topological polar surface area (TPSA) is 87.0 Å². The van der Waals surface area contributed by atoms with Crippen molar-refractivity contribution in [2.75, 3.05) is 7.11 Å². The number of amides is 1. The standard InChI is InChI=1S/C17H15N3O3/c1-23-12-6-4-5-11(9-12)10-15(21)19-20-16-13-7-2-3-8-14(13)18-17(16)22/h2-9,18,22H,10H2,1H3. The number of carbonyl (C=O) groups is 1. The number of carbonyl (C=O) groups excluding carboxylic acids is 1.